The summed E-state index contributed by atoms with van der Waals surface area (Å²) in [5.74, 6) is 0.348. The highest BCUT2D eigenvalue weighted by molar-refractivity contribution is 6.02. The van der Waals surface area contributed by atoms with Gasteiger partial charge in [-0.25, -0.2) is 4.98 Å². The summed E-state index contributed by atoms with van der Waals surface area (Å²) in [4.78, 5) is 29.4. The van der Waals surface area contributed by atoms with Crippen LogP contribution in [0.5, 0.6) is 5.75 Å². The highest BCUT2D eigenvalue weighted by atomic mass is 16.5. The number of benzene rings is 1. The van der Waals surface area contributed by atoms with Gasteiger partial charge in [-0.3, -0.25) is 14.0 Å². The van der Waals surface area contributed by atoms with Crippen molar-refractivity contribution in [3.8, 4) is 5.75 Å². The first kappa shape index (κ1) is 19.4. The van der Waals surface area contributed by atoms with Crippen LogP contribution in [0.2, 0.25) is 0 Å². The normalized spacial score (nSPS) is 10.9. The van der Waals surface area contributed by atoms with Crippen LogP contribution in [0.3, 0.4) is 0 Å². The number of aromatic nitrogens is 2. The zero-order valence-corrected chi connectivity index (χ0v) is 16.2. The molecule has 2 N–H and O–H groups in total. The largest absolute Gasteiger partial charge is 0.497 e. The maximum absolute atomic E-state index is 12.7. The first-order valence-electron chi connectivity index (χ1n) is 9.18. The van der Waals surface area contributed by atoms with Gasteiger partial charge in [0.1, 0.15) is 5.75 Å². The van der Waals surface area contributed by atoms with Gasteiger partial charge in [-0.05, 0) is 50.1 Å². The molecule has 146 valence electrons. The predicted octanol–water partition coefficient (Wildman–Crippen LogP) is 2.45. The van der Waals surface area contributed by atoms with Crippen molar-refractivity contribution < 1.29 is 14.3 Å². The van der Waals surface area contributed by atoms with Gasteiger partial charge in [-0.1, -0.05) is 18.2 Å². The molecule has 0 atom stereocenters. The van der Waals surface area contributed by atoms with Gasteiger partial charge in [-0.2, -0.15) is 0 Å². The molecule has 0 unspecified atom stereocenters. The minimum Gasteiger partial charge on any atom is -0.497 e. The highest BCUT2D eigenvalue weighted by Gasteiger charge is 2.21. The molecule has 7 nitrogen and oxygen atoms in total. The van der Waals surface area contributed by atoms with Gasteiger partial charge < -0.3 is 15.4 Å². The number of methoxy groups -OCH3 is 1. The topological polar surface area (TPSA) is 84.7 Å². The SMILES string of the molecule is COc1cccc(CCNC(=O)c2nc(C(=O)NC(C)C)c3ccccn23)c1. The van der Waals surface area contributed by atoms with Gasteiger partial charge in [0.05, 0.1) is 12.6 Å². The smallest absolute Gasteiger partial charge is 0.287 e. The zero-order chi connectivity index (χ0) is 20.1. The molecule has 7 heteroatoms. The van der Waals surface area contributed by atoms with E-state index in [0.717, 1.165) is 11.3 Å². The molecular formula is C21H24N4O3. The maximum Gasteiger partial charge on any atom is 0.287 e. The summed E-state index contributed by atoms with van der Waals surface area (Å²) in [6, 6.07) is 13.1. The molecule has 2 heterocycles. The molecule has 0 aliphatic carbocycles. The zero-order valence-electron chi connectivity index (χ0n) is 16.2. The lowest BCUT2D eigenvalue weighted by Crippen LogP contribution is -2.31. The van der Waals surface area contributed by atoms with Crippen LogP contribution in [-0.2, 0) is 6.42 Å². The van der Waals surface area contributed by atoms with Crippen molar-refractivity contribution in [3.63, 3.8) is 0 Å². The van der Waals surface area contributed by atoms with E-state index in [4.69, 9.17) is 4.74 Å². The fraction of sp³-hybridized carbons (Fsp3) is 0.286. The molecule has 0 spiro atoms. The predicted molar refractivity (Wildman–Crippen MR) is 107 cm³/mol. The van der Waals surface area contributed by atoms with Crippen molar-refractivity contribution in [3.05, 3.63) is 65.7 Å². The Hall–Kier alpha value is -3.35. The van der Waals surface area contributed by atoms with E-state index >= 15 is 0 Å². The third-order valence-electron chi connectivity index (χ3n) is 4.22. The Labute approximate surface area is 163 Å². The molecule has 2 aromatic heterocycles. The summed E-state index contributed by atoms with van der Waals surface area (Å²) in [6.45, 7) is 4.20. The first-order chi connectivity index (χ1) is 13.5. The summed E-state index contributed by atoms with van der Waals surface area (Å²) < 4.78 is 6.85. The molecule has 3 aromatic rings. The minimum atomic E-state index is -0.326. The second-order valence-corrected chi connectivity index (χ2v) is 6.73. The molecule has 3 rings (SSSR count). The van der Waals surface area contributed by atoms with E-state index in [0.29, 0.717) is 18.5 Å². The molecule has 0 aliphatic rings. The highest BCUT2D eigenvalue weighted by Crippen LogP contribution is 2.14. The Bertz CT molecular complexity index is 994. The summed E-state index contributed by atoms with van der Waals surface area (Å²) in [5.41, 5.74) is 1.90. The average molecular weight is 380 g/mol. The Morgan fingerprint density at radius 2 is 1.96 bits per heavy atom. The van der Waals surface area contributed by atoms with Crippen molar-refractivity contribution in [2.45, 2.75) is 26.3 Å². The Morgan fingerprint density at radius 3 is 2.71 bits per heavy atom. The van der Waals surface area contributed by atoms with Gasteiger partial charge in [0.25, 0.3) is 11.8 Å². The Kier molecular flexibility index (Phi) is 5.93. The number of nitrogens with one attached hydrogen (secondary N) is 2. The molecular weight excluding hydrogens is 356 g/mol. The van der Waals surface area contributed by atoms with Crippen LogP contribution < -0.4 is 15.4 Å². The minimum absolute atomic E-state index is 0.0203. The second kappa shape index (κ2) is 8.56. The number of carbonyl (C=O) groups excluding carboxylic acids is 2. The van der Waals surface area contributed by atoms with Gasteiger partial charge in [0, 0.05) is 18.8 Å². The Balaban J connectivity index is 1.75. The number of hydrogen-bond acceptors (Lipinski definition) is 4. The van der Waals surface area contributed by atoms with Crippen LogP contribution in [0.4, 0.5) is 0 Å². The second-order valence-electron chi connectivity index (χ2n) is 6.73. The molecule has 0 saturated carbocycles. The summed E-state index contributed by atoms with van der Waals surface area (Å²) in [6.07, 6.45) is 2.39. The van der Waals surface area contributed by atoms with E-state index in [-0.39, 0.29) is 29.4 Å². The number of carbonyl (C=O) groups is 2. The number of rotatable bonds is 7. The van der Waals surface area contributed by atoms with Crippen molar-refractivity contribution >= 4 is 17.3 Å². The third-order valence-corrected chi connectivity index (χ3v) is 4.22. The lowest BCUT2D eigenvalue weighted by Gasteiger charge is -2.06. The molecule has 0 aliphatic heterocycles. The van der Waals surface area contributed by atoms with Crippen LogP contribution in [0.25, 0.3) is 5.52 Å². The number of ether oxygens (including phenoxy) is 1. The lowest BCUT2D eigenvalue weighted by molar-refractivity contribution is 0.0940. The quantitative estimate of drug-likeness (QED) is 0.659. The fourth-order valence-electron chi connectivity index (χ4n) is 2.92. The first-order valence-corrected chi connectivity index (χ1v) is 9.18. The van der Waals surface area contributed by atoms with Gasteiger partial charge in [-0.15, -0.1) is 0 Å². The van der Waals surface area contributed by atoms with E-state index in [2.05, 4.69) is 15.6 Å². The van der Waals surface area contributed by atoms with Crippen molar-refractivity contribution in [2.75, 3.05) is 13.7 Å². The molecule has 1 aromatic carbocycles. The number of pyridine rings is 1. The number of imidazole rings is 1. The summed E-state index contributed by atoms with van der Waals surface area (Å²) >= 11 is 0. The van der Waals surface area contributed by atoms with E-state index in [1.165, 1.54) is 0 Å². The molecule has 2 amide bonds. The average Bonchev–Trinajstić information content (AvgIpc) is 3.07. The van der Waals surface area contributed by atoms with Crippen molar-refractivity contribution in [2.24, 2.45) is 0 Å². The molecule has 0 bridgehead atoms. The van der Waals surface area contributed by atoms with Crippen LogP contribution in [0.1, 0.15) is 40.5 Å². The molecule has 0 saturated heterocycles. The number of hydrogen-bond donors (Lipinski definition) is 2. The van der Waals surface area contributed by atoms with Crippen LogP contribution in [0.15, 0.2) is 48.7 Å². The molecule has 0 fully saturated rings. The van der Waals surface area contributed by atoms with E-state index in [1.807, 2.05) is 44.2 Å². The monoisotopic (exact) mass is 380 g/mol. The van der Waals surface area contributed by atoms with Crippen molar-refractivity contribution in [1.82, 2.24) is 20.0 Å². The van der Waals surface area contributed by atoms with Crippen LogP contribution >= 0.6 is 0 Å². The standard InChI is InChI=1S/C21H24N4O3/c1-14(2)23-20(26)18-17-9-4-5-12-25(17)19(24-18)21(27)22-11-10-15-7-6-8-16(13-15)28-3/h4-9,12-14H,10-11H2,1-3H3,(H,22,27)(H,23,26). The van der Waals surface area contributed by atoms with Crippen LogP contribution in [-0.4, -0.2) is 40.9 Å². The van der Waals surface area contributed by atoms with Crippen LogP contribution in [0, 0.1) is 0 Å². The van der Waals surface area contributed by atoms with Gasteiger partial charge in [0.15, 0.2) is 5.69 Å². The third kappa shape index (κ3) is 4.31. The lowest BCUT2D eigenvalue weighted by atomic mass is 10.1. The Morgan fingerprint density at radius 1 is 1.14 bits per heavy atom. The van der Waals surface area contributed by atoms with E-state index in [1.54, 1.807) is 29.8 Å². The number of amides is 2. The fourth-order valence-corrected chi connectivity index (χ4v) is 2.92. The molecule has 0 radical (unpaired) electrons. The number of nitrogens with zero attached hydrogens (tertiary/aromatic N) is 2. The van der Waals surface area contributed by atoms with Crippen molar-refractivity contribution in [1.29, 1.82) is 0 Å². The number of fused-ring (bicyclic) bond motifs is 1. The van der Waals surface area contributed by atoms with Gasteiger partial charge in [0.2, 0.25) is 5.82 Å². The maximum atomic E-state index is 12.7. The van der Waals surface area contributed by atoms with E-state index in [9.17, 15) is 9.59 Å². The summed E-state index contributed by atoms with van der Waals surface area (Å²) in [7, 11) is 1.62. The molecule has 28 heavy (non-hydrogen) atoms. The van der Waals surface area contributed by atoms with E-state index < -0.39 is 0 Å². The summed E-state index contributed by atoms with van der Waals surface area (Å²) in [5, 5.41) is 5.70. The van der Waals surface area contributed by atoms with Gasteiger partial charge >= 0.3 is 0 Å².